The molecule has 0 aliphatic heterocycles. The number of carboxylic acid groups (broad SMARTS) is 1. The number of nitrogens with zero attached hydrogens (tertiary/aromatic N) is 3. The number of unbranched alkanes of at least 4 members (excludes halogenated alkanes) is 2. The molecule has 0 bridgehead atoms. The zero-order chi connectivity index (χ0) is 16.1. The predicted octanol–water partition coefficient (Wildman–Crippen LogP) is 3.37. The Bertz CT molecular complexity index is 376. The summed E-state index contributed by atoms with van der Waals surface area (Å²) < 4.78 is 0. The van der Waals surface area contributed by atoms with E-state index >= 15 is 0 Å². The van der Waals surface area contributed by atoms with Gasteiger partial charge in [0.05, 0.1) is 0 Å². The maximum atomic E-state index is 10.5. The van der Waals surface area contributed by atoms with Crippen LogP contribution < -0.4 is 0 Å². The number of carbonyl (C=O) groups is 1. The molecule has 1 N–H and O–H groups in total. The Labute approximate surface area is 128 Å². The molecule has 0 aromatic rings. The largest absolute Gasteiger partial charge is 0.481 e. The van der Waals surface area contributed by atoms with Crippen LogP contribution in [0.25, 0.3) is 0 Å². The maximum absolute atomic E-state index is 10.5. The summed E-state index contributed by atoms with van der Waals surface area (Å²) in [5, 5.41) is 8.63. The highest BCUT2D eigenvalue weighted by atomic mass is 16.4. The molecule has 0 aromatic carbocycles. The van der Waals surface area contributed by atoms with Crippen LogP contribution >= 0.6 is 0 Å². The van der Waals surface area contributed by atoms with Crippen molar-refractivity contribution in [3.8, 4) is 0 Å². The first-order chi connectivity index (χ1) is 10.0. The Morgan fingerprint density at radius 2 is 1.95 bits per heavy atom. The second kappa shape index (κ2) is 12.1. The lowest BCUT2D eigenvalue weighted by Crippen LogP contribution is -2.32. The van der Waals surface area contributed by atoms with E-state index in [9.17, 15) is 4.79 Å². The minimum Gasteiger partial charge on any atom is -0.481 e. The summed E-state index contributed by atoms with van der Waals surface area (Å²) in [4.78, 5) is 21.5. The number of carboxylic acids is 1. The van der Waals surface area contributed by atoms with Crippen molar-refractivity contribution >= 4 is 18.1 Å². The van der Waals surface area contributed by atoms with E-state index in [2.05, 4.69) is 28.4 Å². The number of allylic oxidation sites excluding steroid dienone is 1. The van der Waals surface area contributed by atoms with Crippen LogP contribution in [0.5, 0.6) is 0 Å². The highest BCUT2D eigenvalue weighted by molar-refractivity contribution is 5.92. The predicted molar refractivity (Wildman–Crippen MR) is 89.2 cm³/mol. The van der Waals surface area contributed by atoms with Crippen LogP contribution in [0.4, 0.5) is 0 Å². The summed E-state index contributed by atoms with van der Waals surface area (Å²) in [5.74, 6) is 0.0280. The van der Waals surface area contributed by atoms with Gasteiger partial charge in [-0.25, -0.2) is 4.99 Å². The van der Waals surface area contributed by atoms with Gasteiger partial charge in [-0.2, -0.15) is 0 Å². The average Bonchev–Trinajstić information content (AvgIpc) is 2.41. The molecule has 0 amide bonds. The molecular weight excluding hydrogens is 266 g/mol. The Balaban J connectivity index is 4.49. The van der Waals surface area contributed by atoms with Crippen LogP contribution in [0.15, 0.2) is 22.1 Å². The fourth-order valence-corrected chi connectivity index (χ4v) is 1.87. The molecule has 0 rings (SSSR count). The smallest absolute Gasteiger partial charge is 0.303 e. The van der Waals surface area contributed by atoms with Gasteiger partial charge in [0.1, 0.15) is 0 Å². The molecule has 0 spiro atoms. The van der Waals surface area contributed by atoms with Crippen LogP contribution in [-0.4, -0.2) is 47.8 Å². The van der Waals surface area contributed by atoms with Crippen molar-refractivity contribution in [1.82, 2.24) is 4.90 Å². The number of hydrogen-bond donors (Lipinski definition) is 1. The van der Waals surface area contributed by atoms with Crippen molar-refractivity contribution in [3.63, 3.8) is 0 Å². The van der Waals surface area contributed by atoms with Gasteiger partial charge in [-0.3, -0.25) is 9.79 Å². The molecular formula is C16H29N3O2. The summed E-state index contributed by atoms with van der Waals surface area (Å²) >= 11 is 0. The number of guanidine groups is 1. The topological polar surface area (TPSA) is 65.3 Å². The van der Waals surface area contributed by atoms with Gasteiger partial charge in [0, 0.05) is 32.3 Å². The Kier molecular flexibility index (Phi) is 11.2. The van der Waals surface area contributed by atoms with Crippen molar-refractivity contribution in [2.24, 2.45) is 9.98 Å². The van der Waals surface area contributed by atoms with Crippen molar-refractivity contribution in [2.75, 3.05) is 19.6 Å². The van der Waals surface area contributed by atoms with Crippen LogP contribution in [-0.2, 0) is 4.79 Å². The second-order valence-electron chi connectivity index (χ2n) is 5.07. The summed E-state index contributed by atoms with van der Waals surface area (Å²) in [5.41, 5.74) is 0.900. The number of aliphatic carboxylic acids is 1. The van der Waals surface area contributed by atoms with E-state index in [1.807, 2.05) is 13.8 Å². The van der Waals surface area contributed by atoms with Gasteiger partial charge in [0.25, 0.3) is 0 Å². The maximum Gasteiger partial charge on any atom is 0.303 e. The molecule has 0 saturated heterocycles. The molecule has 120 valence electrons. The first-order valence-corrected chi connectivity index (χ1v) is 7.72. The number of hydrogen-bond acceptors (Lipinski definition) is 2. The summed E-state index contributed by atoms with van der Waals surface area (Å²) in [6.07, 6.45) is 5.61. The van der Waals surface area contributed by atoms with Gasteiger partial charge < -0.3 is 10.0 Å². The molecule has 0 fully saturated rings. The molecule has 0 aliphatic carbocycles. The van der Waals surface area contributed by atoms with E-state index < -0.39 is 5.97 Å². The number of aliphatic imine (C=N–C) groups is 2. The third-order valence-electron chi connectivity index (χ3n) is 2.79. The van der Waals surface area contributed by atoms with Crippen molar-refractivity contribution in [3.05, 3.63) is 12.2 Å². The second-order valence-corrected chi connectivity index (χ2v) is 5.07. The van der Waals surface area contributed by atoms with Crippen molar-refractivity contribution in [2.45, 2.75) is 52.9 Å². The standard InChI is InChI=1S/C16H29N3O2/c1-5-11-19(12-9-7-8-10-15(20)21)16(17-6-2)18-13-14(3)4/h13H,3,5-12H2,1-2,4H3,(H,20,21)/b17-16?,18-13-. The molecule has 21 heavy (non-hydrogen) atoms. The van der Waals surface area contributed by atoms with E-state index in [-0.39, 0.29) is 6.42 Å². The van der Waals surface area contributed by atoms with Gasteiger partial charge >= 0.3 is 5.97 Å². The van der Waals surface area contributed by atoms with Crippen molar-refractivity contribution in [1.29, 1.82) is 0 Å². The monoisotopic (exact) mass is 295 g/mol. The lowest BCUT2D eigenvalue weighted by atomic mass is 10.2. The van der Waals surface area contributed by atoms with Gasteiger partial charge in [0.15, 0.2) is 0 Å². The van der Waals surface area contributed by atoms with Gasteiger partial charge in [0.2, 0.25) is 5.96 Å². The fourth-order valence-electron chi connectivity index (χ4n) is 1.87. The van der Waals surface area contributed by atoms with E-state index in [1.165, 1.54) is 0 Å². The highest BCUT2D eigenvalue weighted by Crippen LogP contribution is 2.05. The van der Waals surface area contributed by atoms with E-state index in [4.69, 9.17) is 5.11 Å². The molecule has 0 aliphatic rings. The average molecular weight is 295 g/mol. The van der Waals surface area contributed by atoms with Gasteiger partial charge in [-0.05, 0) is 38.7 Å². The lowest BCUT2D eigenvalue weighted by molar-refractivity contribution is -0.137. The third-order valence-corrected chi connectivity index (χ3v) is 2.79. The minimum atomic E-state index is -0.722. The molecule has 5 heteroatoms. The van der Waals surface area contributed by atoms with E-state index in [1.54, 1.807) is 6.21 Å². The first-order valence-electron chi connectivity index (χ1n) is 7.72. The number of rotatable bonds is 10. The normalized spacial score (nSPS) is 11.9. The molecule has 5 nitrogen and oxygen atoms in total. The fraction of sp³-hybridized carbons (Fsp3) is 0.688. The van der Waals surface area contributed by atoms with Crippen molar-refractivity contribution < 1.29 is 9.90 Å². The highest BCUT2D eigenvalue weighted by Gasteiger charge is 2.08. The third kappa shape index (κ3) is 10.8. The summed E-state index contributed by atoms with van der Waals surface area (Å²) in [7, 11) is 0. The van der Waals surface area contributed by atoms with Crippen LogP contribution in [0.2, 0.25) is 0 Å². The Morgan fingerprint density at radius 3 is 2.48 bits per heavy atom. The molecule has 0 unspecified atom stereocenters. The first kappa shape index (κ1) is 19.4. The zero-order valence-corrected chi connectivity index (χ0v) is 13.6. The van der Waals surface area contributed by atoms with Crippen LogP contribution in [0.1, 0.15) is 52.9 Å². The zero-order valence-electron chi connectivity index (χ0n) is 13.6. The molecule has 0 aromatic heterocycles. The molecule has 0 radical (unpaired) electrons. The Hall–Kier alpha value is -1.65. The quantitative estimate of drug-likeness (QED) is 0.382. The minimum absolute atomic E-state index is 0.248. The summed E-state index contributed by atoms with van der Waals surface area (Å²) in [6.45, 7) is 12.3. The molecule has 0 saturated carbocycles. The van der Waals surface area contributed by atoms with Crippen LogP contribution in [0, 0.1) is 0 Å². The SMILES string of the molecule is C=C(C)/C=N\C(=NCC)N(CCC)CCCCCC(=O)O. The van der Waals surface area contributed by atoms with Gasteiger partial charge in [-0.1, -0.05) is 19.9 Å². The van der Waals surface area contributed by atoms with E-state index in [0.717, 1.165) is 50.3 Å². The van der Waals surface area contributed by atoms with Gasteiger partial charge in [-0.15, -0.1) is 0 Å². The Morgan fingerprint density at radius 1 is 1.24 bits per heavy atom. The summed E-state index contributed by atoms with van der Waals surface area (Å²) in [6, 6.07) is 0. The lowest BCUT2D eigenvalue weighted by Gasteiger charge is -2.23. The molecule has 0 heterocycles. The van der Waals surface area contributed by atoms with E-state index in [0.29, 0.717) is 6.54 Å². The van der Waals surface area contributed by atoms with Crippen LogP contribution in [0.3, 0.4) is 0 Å². The molecule has 0 atom stereocenters.